The Kier molecular flexibility index (Phi) is 6.00. The lowest BCUT2D eigenvalue weighted by atomic mass is 9.83. The van der Waals surface area contributed by atoms with Crippen molar-refractivity contribution in [3.8, 4) is 0 Å². The van der Waals surface area contributed by atoms with Gasteiger partial charge in [-0.25, -0.2) is 17.9 Å². The van der Waals surface area contributed by atoms with Crippen LogP contribution in [-0.2, 0) is 32.1 Å². The highest BCUT2D eigenvalue weighted by Crippen LogP contribution is 2.49. The minimum atomic E-state index is -4.83. The topological polar surface area (TPSA) is 137 Å². The SMILES string of the molecule is O=C(Nc1ccc(C(F)(F)F)cc1[N+](=O)[O-])OC1C(Cc2ccccc2)NS(=O)(=O)C2CC3C=C[C@]12O3. The first-order valence-electron chi connectivity index (χ1n) is 11.1. The highest BCUT2D eigenvalue weighted by molar-refractivity contribution is 7.90. The van der Waals surface area contributed by atoms with Gasteiger partial charge in [0.15, 0.2) is 6.10 Å². The average molecular weight is 539 g/mol. The summed E-state index contributed by atoms with van der Waals surface area (Å²) in [5.41, 5.74) is -3.50. The van der Waals surface area contributed by atoms with E-state index < -0.39 is 73.3 Å². The third-order valence-electron chi connectivity index (χ3n) is 6.67. The van der Waals surface area contributed by atoms with Crippen molar-refractivity contribution in [2.24, 2.45) is 0 Å². The molecule has 4 unspecified atom stereocenters. The number of hydrogen-bond donors (Lipinski definition) is 2. The van der Waals surface area contributed by atoms with E-state index in [1.165, 1.54) is 0 Å². The van der Waals surface area contributed by atoms with Crippen LogP contribution in [0.25, 0.3) is 0 Å². The molecule has 5 rings (SSSR count). The highest BCUT2D eigenvalue weighted by Gasteiger charge is 2.66. The largest absolute Gasteiger partial charge is 0.441 e. The number of nitro benzene ring substituents is 1. The van der Waals surface area contributed by atoms with Crippen LogP contribution in [0.1, 0.15) is 17.5 Å². The van der Waals surface area contributed by atoms with Crippen molar-refractivity contribution < 1.29 is 40.8 Å². The molecular weight excluding hydrogens is 519 g/mol. The van der Waals surface area contributed by atoms with Crippen LogP contribution in [0.5, 0.6) is 0 Å². The number of carbonyl (C=O) groups is 1. The predicted molar refractivity (Wildman–Crippen MR) is 123 cm³/mol. The van der Waals surface area contributed by atoms with Gasteiger partial charge in [0, 0.05) is 6.07 Å². The molecule has 2 aromatic carbocycles. The molecule has 37 heavy (non-hydrogen) atoms. The zero-order valence-corrected chi connectivity index (χ0v) is 19.7. The standard InChI is InChI=1S/C23H20F3N3O7S/c24-23(25,26)14-6-7-16(18(11-14)29(31)32)27-21(30)35-20-17(10-13-4-2-1-3-5-13)28-37(33,34)19-12-15-8-9-22(19,20)36-15/h1-9,11,15,17,19-20,28H,10,12H2,(H,27,30)/t15?,17?,19?,20?,22-/m1/s1. The van der Waals surface area contributed by atoms with E-state index in [0.717, 1.165) is 11.6 Å². The lowest BCUT2D eigenvalue weighted by molar-refractivity contribution is -0.384. The van der Waals surface area contributed by atoms with E-state index in [0.29, 0.717) is 12.1 Å². The normalized spacial score (nSPS) is 29.5. The zero-order valence-electron chi connectivity index (χ0n) is 18.8. The van der Waals surface area contributed by atoms with Gasteiger partial charge in [0.1, 0.15) is 16.5 Å². The van der Waals surface area contributed by atoms with E-state index >= 15 is 0 Å². The monoisotopic (exact) mass is 539 g/mol. The number of alkyl halides is 3. The molecule has 0 radical (unpaired) electrons. The summed E-state index contributed by atoms with van der Waals surface area (Å²) < 4.78 is 79.4. The number of anilines is 1. The summed E-state index contributed by atoms with van der Waals surface area (Å²) in [6, 6.07) is 9.54. The number of halogens is 3. The predicted octanol–water partition coefficient (Wildman–Crippen LogP) is 3.54. The molecule has 1 amide bonds. The number of nitrogens with zero attached hydrogens (tertiary/aromatic N) is 1. The molecular formula is C23H20F3N3O7S. The average Bonchev–Trinajstić information content (AvgIpc) is 3.42. The van der Waals surface area contributed by atoms with Crippen molar-refractivity contribution >= 4 is 27.5 Å². The van der Waals surface area contributed by atoms with E-state index in [2.05, 4.69) is 10.0 Å². The Morgan fingerprint density at radius 1 is 1.24 bits per heavy atom. The third kappa shape index (κ3) is 4.55. The molecule has 5 atom stereocenters. The first-order chi connectivity index (χ1) is 17.4. The number of carbonyl (C=O) groups excluding carboxylic acids is 1. The fraction of sp³-hybridized carbons (Fsp3) is 0.348. The number of ether oxygens (including phenoxy) is 2. The Morgan fingerprint density at radius 3 is 2.62 bits per heavy atom. The molecule has 2 N–H and O–H groups in total. The smallest absolute Gasteiger partial charge is 0.416 e. The van der Waals surface area contributed by atoms with Gasteiger partial charge in [-0.3, -0.25) is 15.4 Å². The molecule has 0 saturated carbocycles. The van der Waals surface area contributed by atoms with Crippen molar-refractivity contribution in [3.05, 3.63) is 81.9 Å². The molecule has 3 aliphatic rings. The second kappa shape index (κ2) is 8.82. The number of fused-ring (bicyclic) bond motifs is 1. The molecule has 3 heterocycles. The molecule has 2 aromatic rings. The van der Waals surface area contributed by atoms with Crippen LogP contribution < -0.4 is 10.0 Å². The summed E-state index contributed by atoms with van der Waals surface area (Å²) in [6.07, 6.45) is -4.20. The number of sulfonamides is 1. The van der Waals surface area contributed by atoms with Crippen LogP contribution in [0.4, 0.5) is 29.3 Å². The van der Waals surface area contributed by atoms with Crippen LogP contribution >= 0.6 is 0 Å². The van der Waals surface area contributed by atoms with Crippen molar-refractivity contribution in [2.75, 3.05) is 5.32 Å². The molecule has 3 aliphatic heterocycles. The molecule has 0 aliphatic carbocycles. The lowest BCUT2D eigenvalue weighted by Gasteiger charge is -2.45. The quantitative estimate of drug-likeness (QED) is 0.337. The minimum Gasteiger partial charge on any atom is -0.441 e. The fourth-order valence-corrected chi connectivity index (χ4v) is 7.09. The van der Waals surface area contributed by atoms with Crippen LogP contribution in [-0.4, -0.2) is 48.5 Å². The molecule has 2 fully saturated rings. The highest BCUT2D eigenvalue weighted by atomic mass is 32.2. The van der Waals surface area contributed by atoms with Gasteiger partial charge in [0.2, 0.25) is 10.0 Å². The summed E-state index contributed by atoms with van der Waals surface area (Å²) >= 11 is 0. The van der Waals surface area contributed by atoms with Crippen molar-refractivity contribution in [1.29, 1.82) is 0 Å². The number of benzene rings is 2. The van der Waals surface area contributed by atoms with Gasteiger partial charge in [-0.15, -0.1) is 0 Å². The fourth-order valence-electron chi connectivity index (χ4n) is 5.10. The number of nitrogens with one attached hydrogen (secondary N) is 2. The van der Waals surface area contributed by atoms with Crippen molar-refractivity contribution in [1.82, 2.24) is 4.72 Å². The van der Waals surface area contributed by atoms with Crippen LogP contribution in [0, 0.1) is 10.1 Å². The van der Waals surface area contributed by atoms with Gasteiger partial charge in [-0.1, -0.05) is 36.4 Å². The van der Waals surface area contributed by atoms with Crippen LogP contribution in [0.3, 0.4) is 0 Å². The summed E-state index contributed by atoms with van der Waals surface area (Å²) in [5, 5.41) is 12.5. The van der Waals surface area contributed by atoms with Gasteiger partial charge < -0.3 is 9.47 Å². The van der Waals surface area contributed by atoms with Crippen LogP contribution in [0.15, 0.2) is 60.7 Å². The summed E-state index contributed by atoms with van der Waals surface area (Å²) in [5.74, 6) is 0. The zero-order chi connectivity index (χ0) is 26.6. The Balaban J connectivity index is 1.45. The Labute approximate surface area is 208 Å². The van der Waals surface area contributed by atoms with Crippen LogP contribution in [0.2, 0.25) is 0 Å². The minimum absolute atomic E-state index is 0.134. The van der Waals surface area contributed by atoms with E-state index in [9.17, 15) is 36.5 Å². The molecule has 196 valence electrons. The van der Waals surface area contributed by atoms with Gasteiger partial charge in [-0.05, 0) is 36.6 Å². The maximum absolute atomic E-state index is 13.1. The van der Waals surface area contributed by atoms with E-state index in [1.54, 1.807) is 42.5 Å². The van der Waals surface area contributed by atoms with Crippen molar-refractivity contribution in [2.45, 2.75) is 48.1 Å². The Morgan fingerprint density at radius 2 is 1.97 bits per heavy atom. The number of hydrogen-bond acceptors (Lipinski definition) is 7. The molecule has 14 heteroatoms. The van der Waals surface area contributed by atoms with E-state index in [4.69, 9.17) is 9.47 Å². The summed E-state index contributed by atoms with van der Waals surface area (Å²) in [6.45, 7) is 0. The molecule has 0 aromatic heterocycles. The van der Waals surface area contributed by atoms with Gasteiger partial charge in [0.05, 0.1) is 22.6 Å². The lowest BCUT2D eigenvalue weighted by Crippen LogP contribution is -2.68. The molecule has 1 spiro atoms. The Bertz CT molecular complexity index is 1380. The summed E-state index contributed by atoms with van der Waals surface area (Å²) in [7, 11) is -3.87. The Hall–Kier alpha value is -3.49. The number of rotatable bonds is 5. The van der Waals surface area contributed by atoms with Crippen molar-refractivity contribution in [3.63, 3.8) is 0 Å². The third-order valence-corrected chi connectivity index (χ3v) is 8.61. The number of nitro groups is 1. The van der Waals surface area contributed by atoms with Gasteiger partial charge >= 0.3 is 12.3 Å². The van der Waals surface area contributed by atoms with E-state index in [1.807, 2.05) is 0 Å². The summed E-state index contributed by atoms with van der Waals surface area (Å²) in [4.78, 5) is 23.3. The maximum Gasteiger partial charge on any atom is 0.416 e. The molecule has 2 bridgehead atoms. The maximum atomic E-state index is 13.1. The second-order valence-corrected chi connectivity index (χ2v) is 10.9. The van der Waals surface area contributed by atoms with Gasteiger partial charge in [-0.2, -0.15) is 13.2 Å². The molecule has 10 nitrogen and oxygen atoms in total. The van der Waals surface area contributed by atoms with E-state index in [-0.39, 0.29) is 12.8 Å². The molecule has 2 saturated heterocycles. The van der Waals surface area contributed by atoms with Gasteiger partial charge in [0.25, 0.3) is 5.69 Å². The first kappa shape index (κ1) is 25.2. The first-order valence-corrected chi connectivity index (χ1v) is 12.7. The second-order valence-electron chi connectivity index (χ2n) is 8.99. The number of amides is 1.